The summed E-state index contributed by atoms with van der Waals surface area (Å²) in [5, 5.41) is 9.24. The first-order chi connectivity index (χ1) is 7.83. The summed E-state index contributed by atoms with van der Waals surface area (Å²) >= 11 is 0. The van der Waals surface area contributed by atoms with Crippen molar-refractivity contribution in [3.05, 3.63) is 36.3 Å². The predicted molar refractivity (Wildman–Crippen MR) is 62.3 cm³/mol. The number of hydrogen-bond donors (Lipinski definition) is 1. The molecule has 1 aromatic carbocycles. The van der Waals surface area contributed by atoms with Gasteiger partial charge in [-0.2, -0.15) is 0 Å². The monoisotopic (exact) mass is 214 g/mol. The molecule has 0 radical (unpaired) electrons. The van der Waals surface area contributed by atoms with E-state index in [-0.39, 0.29) is 0 Å². The average Bonchev–Trinajstić information content (AvgIpc) is 2.73. The number of hydrogen-bond acceptors (Lipinski definition) is 2. The lowest BCUT2D eigenvalue weighted by molar-refractivity contribution is 0.475. The highest BCUT2D eigenvalue weighted by atomic mass is 16.3. The highest BCUT2D eigenvalue weighted by molar-refractivity contribution is 5.59. The Morgan fingerprint density at radius 1 is 1.12 bits per heavy atom. The highest BCUT2D eigenvalue weighted by Gasteiger charge is 2.12. The predicted octanol–water partition coefficient (Wildman–Crippen LogP) is 2.59. The molecule has 3 nitrogen and oxygen atoms in total. The number of benzene rings is 1. The van der Waals surface area contributed by atoms with Gasteiger partial charge in [-0.25, -0.2) is 4.98 Å². The van der Waals surface area contributed by atoms with Gasteiger partial charge in [0.2, 0.25) is 0 Å². The molecule has 1 aromatic heterocycles. The number of nitrogens with zero attached hydrogens (tertiary/aromatic N) is 2. The van der Waals surface area contributed by atoms with E-state index in [0.717, 1.165) is 24.2 Å². The van der Waals surface area contributed by atoms with Gasteiger partial charge in [0.05, 0.1) is 5.69 Å². The van der Waals surface area contributed by atoms with Gasteiger partial charge in [-0.05, 0) is 37.1 Å². The van der Waals surface area contributed by atoms with Crippen molar-refractivity contribution >= 4 is 0 Å². The molecule has 1 aliphatic rings. The van der Waals surface area contributed by atoms with Gasteiger partial charge < -0.3 is 9.67 Å². The molecular weight excluding hydrogens is 200 g/mol. The van der Waals surface area contributed by atoms with Crippen LogP contribution in [0.5, 0.6) is 5.75 Å². The van der Waals surface area contributed by atoms with Crippen molar-refractivity contribution in [3.8, 4) is 17.0 Å². The van der Waals surface area contributed by atoms with Crippen LogP contribution in [0.2, 0.25) is 0 Å². The summed E-state index contributed by atoms with van der Waals surface area (Å²) in [5.74, 6) is 1.49. The molecule has 3 rings (SSSR count). The molecule has 2 heterocycles. The second-order valence-electron chi connectivity index (χ2n) is 4.24. The zero-order valence-corrected chi connectivity index (χ0v) is 9.06. The van der Waals surface area contributed by atoms with Crippen LogP contribution in [0.4, 0.5) is 0 Å². The van der Waals surface area contributed by atoms with E-state index in [9.17, 15) is 5.11 Å². The lowest BCUT2D eigenvalue weighted by atomic mass is 10.2. The molecule has 0 unspecified atom stereocenters. The van der Waals surface area contributed by atoms with Gasteiger partial charge >= 0.3 is 0 Å². The molecule has 0 bridgehead atoms. The summed E-state index contributed by atoms with van der Waals surface area (Å²) in [6.07, 6.45) is 5.68. The lowest BCUT2D eigenvalue weighted by Gasteiger charge is -2.11. The maximum absolute atomic E-state index is 9.24. The molecule has 0 fully saturated rings. The van der Waals surface area contributed by atoms with Crippen LogP contribution in [0.25, 0.3) is 11.3 Å². The molecule has 3 heteroatoms. The molecule has 16 heavy (non-hydrogen) atoms. The van der Waals surface area contributed by atoms with Crippen molar-refractivity contribution in [2.45, 2.75) is 25.8 Å². The summed E-state index contributed by atoms with van der Waals surface area (Å²) in [6, 6.07) is 7.22. The normalized spacial score (nSPS) is 14.8. The van der Waals surface area contributed by atoms with Crippen LogP contribution in [-0.4, -0.2) is 14.7 Å². The number of rotatable bonds is 1. The Labute approximate surface area is 94.4 Å². The molecule has 0 saturated heterocycles. The first kappa shape index (κ1) is 9.46. The van der Waals surface area contributed by atoms with E-state index in [2.05, 4.69) is 15.7 Å². The number of aromatic hydroxyl groups is 1. The summed E-state index contributed by atoms with van der Waals surface area (Å²) in [5.41, 5.74) is 2.08. The Kier molecular flexibility index (Phi) is 2.17. The Bertz CT molecular complexity index is 476. The lowest BCUT2D eigenvalue weighted by Crippen LogP contribution is -2.08. The Balaban J connectivity index is 2.00. The molecule has 0 atom stereocenters. The Morgan fingerprint density at radius 2 is 1.94 bits per heavy atom. The van der Waals surface area contributed by atoms with Crippen LogP contribution in [0.15, 0.2) is 30.5 Å². The van der Waals surface area contributed by atoms with Crippen LogP contribution >= 0.6 is 0 Å². The topological polar surface area (TPSA) is 38.0 Å². The van der Waals surface area contributed by atoms with Crippen molar-refractivity contribution in [1.29, 1.82) is 0 Å². The number of phenols is 1. The van der Waals surface area contributed by atoms with Crippen molar-refractivity contribution < 1.29 is 5.11 Å². The minimum absolute atomic E-state index is 0.299. The third-order valence-electron chi connectivity index (χ3n) is 3.07. The summed E-state index contributed by atoms with van der Waals surface area (Å²) in [4.78, 5) is 4.63. The summed E-state index contributed by atoms with van der Waals surface area (Å²) < 4.78 is 2.24. The molecule has 0 saturated carbocycles. The van der Waals surface area contributed by atoms with Gasteiger partial charge in [0.15, 0.2) is 0 Å². The second kappa shape index (κ2) is 3.67. The fraction of sp³-hybridized carbons (Fsp3) is 0.308. The zero-order chi connectivity index (χ0) is 11.0. The third-order valence-corrected chi connectivity index (χ3v) is 3.07. The van der Waals surface area contributed by atoms with Gasteiger partial charge in [0.25, 0.3) is 0 Å². The van der Waals surface area contributed by atoms with Gasteiger partial charge in [-0.15, -0.1) is 0 Å². The Morgan fingerprint density at radius 3 is 2.69 bits per heavy atom. The first-order valence-corrected chi connectivity index (χ1v) is 5.68. The smallest absolute Gasteiger partial charge is 0.115 e. The standard InChI is InChI=1S/C13H14N2O/c16-11-6-4-10(5-7-11)12-9-15-8-2-1-3-13(15)14-12/h4-7,9,16H,1-3,8H2. The highest BCUT2D eigenvalue weighted by Crippen LogP contribution is 2.23. The molecule has 82 valence electrons. The number of fused-ring (bicyclic) bond motifs is 1. The van der Waals surface area contributed by atoms with Crippen molar-refractivity contribution in [2.75, 3.05) is 0 Å². The van der Waals surface area contributed by atoms with Crippen molar-refractivity contribution in [3.63, 3.8) is 0 Å². The van der Waals surface area contributed by atoms with E-state index in [4.69, 9.17) is 0 Å². The van der Waals surface area contributed by atoms with Crippen LogP contribution < -0.4 is 0 Å². The van der Waals surface area contributed by atoms with Gasteiger partial charge in [0.1, 0.15) is 11.6 Å². The summed E-state index contributed by atoms with van der Waals surface area (Å²) in [6.45, 7) is 1.08. The van der Waals surface area contributed by atoms with Crippen LogP contribution in [-0.2, 0) is 13.0 Å². The average molecular weight is 214 g/mol. The summed E-state index contributed by atoms with van der Waals surface area (Å²) in [7, 11) is 0. The quantitative estimate of drug-likeness (QED) is 0.792. The molecule has 2 aromatic rings. The van der Waals surface area contributed by atoms with Crippen LogP contribution in [0.3, 0.4) is 0 Å². The van der Waals surface area contributed by atoms with Crippen LogP contribution in [0.1, 0.15) is 18.7 Å². The fourth-order valence-corrected chi connectivity index (χ4v) is 2.18. The minimum atomic E-state index is 0.299. The van der Waals surface area contributed by atoms with E-state index in [1.807, 2.05) is 12.1 Å². The molecule has 0 aliphatic carbocycles. The second-order valence-corrected chi connectivity index (χ2v) is 4.24. The third kappa shape index (κ3) is 1.58. The minimum Gasteiger partial charge on any atom is -0.508 e. The maximum Gasteiger partial charge on any atom is 0.115 e. The van der Waals surface area contributed by atoms with E-state index < -0.39 is 0 Å². The van der Waals surface area contributed by atoms with E-state index in [1.165, 1.54) is 18.7 Å². The van der Waals surface area contributed by atoms with E-state index >= 15 is 0 Å². The van der Waals surface area contributed by atoms with Crippen LogP contribution in [0, 0.1) is 0 Å². The van der Waals surface area contributed by atoms with Gasteiger partial charge in [0, 0.05) is 24.7 Å². The van der Waals surface area contributed by atoms with Gasteiger partial charge in [-0.3, -0.25) is 0 Å². The van der Waals surface area contributed by atoms with Crippen molar-refractivity contribution in [1.82, 2.24) is 9.55 Å². The number of aromatic nitrogens is 2. The SMILES string of the molecule is Oc1ccc(-c2cn3c(n2)CCCC3)cc1. The molecule has 1 aliphatic heterocycles. The fourth-order valence-electron chi connectivity index (χ4n) is 2.18. The number of aryl methyl sites for hydroxylation is 2. The largest absolute Gasteiger partial charge is 0.508 e. The van der Waals surface area contributed by atoms with Crippen molar-refractivity contribution in [2.24, 2.45) is 0 Å². The zero-order valence-electron chi connectivity index (χ0n) is 9.06. The Hall–Kier alpha value is -1.77. The molecule has 0 spiro atoms. The first-order valence-electron chi connectivity index (χ1n) is 5.68. The maximum atomic E-state index is 9.24. The van der Waals surface area contributed by atoms with E-state index in [0.29, 0.717) is 5.75 Å². The molecule has 1 N–H and O–H groups in total. The van der Waals surface area contributed by atoms with E-state index in [1.54, 1.807) is 12.1 Å². The molecular formula is C13H14N2O. The number of imidazole rings is 1. The number of phenolic OH excluding ortho intramolecular Hbond substituents is 1. The van der Waals surface area contributed by atoms with Gasteiger partial charge in [-0.1, -0.05) is 0 Å². The molecule has 0 amide bonds.